The molecule has 1 fully saturated rings. The first-order chi connectivity index (χ1) is 8.64. The molecule has 0 bridgehead atoms. The van der Waals surface area contributed by atoms with Gasteiger partial charge in [-0.05, 0) is 0 Å². The molecule has 0 saturated carbocycles. The molecule has 0 aromatic carbocycles. The van der Waals surface area contributed by atoms with Gasteiger partial charge in [-0.15, -0.1) is 0 Å². The standard InChI is InChI=1S/C11H15Cl2NO4S/c1-6(4-19-7(2)15)9(16)14-5-11(12,13)3-8(14)10(17)18/h6,8H,3-5H2,1-2H3,(H,17,18)/t6?,8-/m0/s1. The Labute approximate surface area is 125 Å². The minimum Gasteiger partial charge on any atom is -0.480 e. The average molecular weight is 328 g/mol. The molecule has 1 N–H and O–H groups in total. The van der Waals surface area contributed by atoms with E-state index < -0.39 is 22.3 Å². The van der Waals surface area contributed by atoms with Crippen LogP contribution in [-0.2, 0) is 14.4 Å². The lowest BCUT2D eigenvalue weighted by atomic mass is 10.1. The van der Waals surface area contributed by atoms with Crippen molar-refractivity contribution in [2.75, 3.05) is 12.3 Å². The molecular formula is C11H15Cl2NO4S. The SMILES string of the molecule is CC(=O)SCC(C)C(=O)N1CC(Cl)(Cl)C[C@H]1C(=O)O. The number of hydrogen-bond acceptors (Lipinski definition) is 4. The molecule has 0 spiro atoms. The van der Waals surface area contributed by atoms with Crippen molar-refractivity contribution >= 4 is 52.0 Å². The van der Waals surface area contributed by atoms with Crippen LogP contribution in [-0.4, -0.2) is 49.7 Å². The van der Waals surface area contributed by atoms with E-state index in [1.54, 1.807) is 6.92 Å². The first-order valence-corrected chi connectivity index (χ1v) is 7.42. The maximum atomic E-state index is 12.2. The second-order valence-corrected chi connectivity index (χ2v) is 7.42. The predicted octanol–water partition coefficient (Wildman–Crippen LogP) is 1.76. The summed E-state index contributed by atoms with van der Waals surface area (Å²) in [6, 6.07) is -1.01. The number of amides is 1. The predicted molar refractivity (Wildman–Crippen MR) is 74.5 cm³/mol. The van der Waals surface area contributed by atoms with Crippen LogP contribution in [0.3, 0.4) is 0 Å². The molecule has 1 saturated heterocycles. The van der Waals surface area contributed by atoms with E-state index >= 15 is 0 Å². The summed E-state index contributed by atoms with van der Waals surface area (Å²) in [5.74, 6) is -1.61. The molecule has 19 heavy (non-hydrogen) atoms. The third kappa shape index (κ3) is 4.54. The smallest absolute Gasteiger partial charge is 0.326 e. The largest absolute Gasteiger partial charge is 0.480 e. The Morgan fingerprint density at radius 1 is 1.47 bits per heavy atom. The third-order valence-electron chi connectivity index (χ3n) is 2.80. The van der Waals surface area contributed by atoms with E-state index in [2.05, 4.69) is 0 Å². The number of carbonyl (C=O) groups is 3. The quantitative estimate of drug-likeness (QED) is 0.796. The van der Waals surface area contributed by atoms with Crippen LogP contribution in [0.4, 0.5) is 0 Å². The highest BCUT2D eigenvalue weighted by Gasteiger charge is 2.47. The van der Waals surface area contributed by atoms with E-state index in [1.165, 1.54) is 11.8 Å². The van der Waals surface area contributed by atoms with Crippen LogP contribution >= 0.6 is 35.0 Å². The second-order valence-electron chi connectivity index (χ2n) is 4.58. The first kappa shape index (κ1) is 16.6. The summed E-state index contributed by atoms with van der Waals surface area (Å²) in [5.41, 5.74) is 0. The lowest BCUT2D eigenvalue weighted by molar-refractivity contribution is -0.149. The minimum absolute atomic E-state index is 0.00373. The molecule has 0 radical (unpaired) electrons. The highest BCUT2D eigenvalue weighted by Crippen LogP contribution is 2.37. The molecule has 0 aromatic heterocycles. The third-order valence-corrected chi connectivity index (χ3v) is 4.42. The van der Waals surface area contributed by atoms with Gasteiger partial charge in [-0.25, -0.2) is 4.79 Å². The molecule has 0 aliphatic carbocycles. The molecule has 2 atom stereocenters. The van der Waals surface area contributed by atoms with Gasteiger partial charge < -0.3 is 10.0 Å². The highest BCUT2D eigenvalue weighted by atomic mass is 35.5. The first-order valence-electron chi connectivity index (χ1n) is 5.68. The number of thioether (sulfide) groups is 1. The van der Waals surface area contributed by atoms with Crippen LogP contribution in [0.15, 0.2) is 0 Å². The molecule has 0 aromatic rings. The van der Waals surface area contributed by atoms with Crippen LogP contribution in [0, 0.1) is 5.92 Å². The molecule has 1 amide bonds. The van der Waals surface area contributed by atoms with Gasteiger partial charge in [0.15, 0.2) is 5.12 Å². The van der Waals surface area contributed by atoms with E-state index in [-0.39, 0.29) is 24.0 Å². The van der Waals surface area contributed by atoms with E-state index in [0.717, 1.165) is 11.8 Å². The number of halogens is 2. The van der Waals surface area contributed by atoms with Crippen LogP contribution in [0.25, 0.3) is 0 Å². The molecule has 8 heteroatoms. The average Bonchev–Trinajstić information content (AvgIpc) is 2.61. The lowest BCUT2D eigenvalue weighted by Crippen LogP contribution is -2.43. The number of alkyl halides is 2. The fourth-order valence-electron chi connectivity index (χ4n) is 1.87. The fourth-order valence-corrected chi connectivity index (χ4v) is 3.04. The number of carbonyl (C=O) groups excluding carboxylic acids is 2. The van der Waals surface area contributed by atoms with Crippen LogP contribution in [0.1, 0.15) is 20.3 Å². The van der Waals surface area contributed by atoms with Gasteiger partial charge in [0, 0.05) is 25.0 Å². The van der Waals surface area contributed by atoms with Crippen LogP contribution < -0.4 is 0 Å². The van der Waals surface area contributed by atoms with Gasteiger partial charge in [0.05, 0.1) is 6.54 Å². The Morgan fingerprint density at radius 2 is 2.05 bits per heavy atom. The topological polar surface area (TPSA) is 74.7 Å². The molecule has 1 aliphatic heterocycles. The molecule has 1 aliphatic rings. The summed E-state index contributed by atoms with van der Waals surface area (Å²) in [4.78, 5) is 35.4. The number of rotatable bonds is 4. The van der Waals surface area contributed by atoms with Gasteiger partial charge in [0.1, 0.15) is 10.4 Å². The summed E-state index contributed by atoms with van der Waals surface area (Å²) < 4.78 is -1.23. The second kappa shape index (κ2) is 6.33. The molecule has 1 heterocycles. The molecule has 108 valence electrons. The van der Waals surface area contributed by atoms with Crippen molar-refractivity contribution < 1.29 is 19.5 Å². The number of carboxylic acid groups (broad SMARTS) is 1. The van der Waals surface area contributed by atoms with Crippen LogP contribution in [0.5, 0.6) is 0 Å². The van der Waals surface area contributed by atoms with Gasteiger partial charge >= 0.3 is 5.97 Å². The summed E-state index contributed by atoms with van der Waals surface area (Å²) in [6.07, 6.45) is 0.00373. The Balaban J connectivity index is 2.73. The highest BCUT2D eigenvalue weighted by molar-refractivity contribution is 8.13. The van der Waals surface area contributed by atoms with Gasteiger partial charge in [-0.2, -0.15) is 0 Å². The normalized spacial score (nSPS) is 23.2. The number of nitrogens with zero attached hydrogens (tertiary/aromatic N) is 1. The zero-order valence-corrected chi connectivity index (χ0v) is 12.9. The minimum atomic E-state index is -1.23. The van der Waals surface area contributed by atoms with Crippen molar-refractivity contribution in [3.8, 4) is 0 Å². The van der Waals surface area contributed by atoms with Gasteiger partial charge in [-0.1, -0.05) is 41.9 Å². The molecule has 1 rings (SSSR count). The van der Waals surface area contributed by atoms with E-state index in [0.29, 0.717) is 5.75 Å². The summed E-state index contributed by atoms with van der Waals surface area (Å²) >= 11 is 12.9. The molecule has 5 nitrogen and oxygen atoms in total. The van der Waals surface area contributed by atoms with E-state index in [1.807, 2.05) is 0 Å². The van der Waals surface area contributed by atoms with Crippen molar-refractivity contribution in [1.82, 2.24) is 4.90 Å². The van der Waals surface area contributed by atoms with E-state index in [9.17, 15) is 14.4 Å². The summed E-state index contributed by atoms with van der Waals surface area (Å²) in [7, 11) is 0. The van der Waals surface area contributed by atoms with E-state index in [4.69, 9.17) is 28.3 Å². The van der Waals surface area contributed by atoms with Crippen molar-refractivity contribution in [2.45, 2.75) is 30.6 Å². The lowest BCUT2D eigenvalue weighted by Gasteiger charge is -2.24. The Kier molecular flexibility index (Phi) is 5.53. The Hall–Kier alpha value is -0.460. The molecule has 1 unspecified atom stereocenters. The number of aliphatic carboxylic acids is 1. The monoisotopic (exact) mass is 327 g/mol. The maximum absolute atomic E-state index is 12.2. The van der Waals surface area contributed by atoms with Crippen molar-refractivity contribution in [3.05, 3.63) is 0 Å². The zero-order valence-electron chi connectivity index (χ0n) is 10.6. The zero-order chi connectivity index (χ0) is 14.8. The Morgan fingerprint density at radius 3 is 2.53 bits per heavy atom. The summed E-state index contributed by atoms with van der Waals surface area (Å²) in [6.45, 7) is 3.06. The van der Waals surface area contributed by atoms with Crippen molar-refractivity contribution in [3.63, 3.8) is 0 Å². The number of hydrogen-bond donors (Lipinski definition) is 1. The fraction of sp³-hybridized carbons (Fsp3) is 0.727. The van der Waals surface area contributed by atoms with Gasteiger partial charge in [0.25, 0.3) is 0 Å². The summed E-state index contributed by atoms with van der Waals surface area (Å²) in [5, 5.41) is 9.01. The van der Waals surface area contributed by atoms with Crippen LogP contribution in [0.2, 0.25) is 0 Å². The molecular weight excluding hydrogens is 313 g/mol. The Bertz CT molecular complexity index is 402. The van der Waals surface area contributed by atoms with Gasteiger partial charge in [0.2, 0.25) is 5.91 Å². The van der Waals surface area contributed by atoms with Crippen molar-refractivity contribution in [2.24, 2.45) is 5.92 Å². The van der Waals surface area contributed by atoms with Gasteiger partial charge in [-0.3, -0.25) is 9.59 Å². The van der Waals surface area contributed by atoms with Crippen molar-refractivity contribution in [1.29, 1.82) is 0 Å². The number of likely N-dealkylation sites (tertiary alicyclic amines) is 1. The number of carboxylic acids is 1. The maximum Gasteiger partial charge on any atom is 0.326 e.